The molecule has 1 fully saturated rings. The van der Waals surface area contributed by atoms with E-state index < -0.39 is 11.5 Å². The third-order valence-electron chi connectivity index (χ3n) is 13.5. The van der Waals surface area contributed by atoms with Crippen LogP contribution in [0.1, 0.15) is 99.1 Å². The van der Waals surface area contributed by atoms with Gasteiger partial charge in [0, 0.05) is 53.2 Å². The number of fused-ring (bicyclic) bond motifs is 4. The minimum absolute atomic E-state index is 0.0566. The van der Waals surface area contributed by atoms with Crippen LogP contribution in [0.3, 0.4) is 0 Å². The molecule has 8 rings (SSSR count). The first-order chi connectivity index (χ1) is 28.1. The molecule has 1 aromatic heterocycles. The molecule has 0 amide bonds. The van der Waals surface area contributed by atoms with Crippen LogP contribution in [0.15, 0.2) is 72.9 Å². The zero-order chi connectivity index (χ0) is 40.4. The van der Waals surface area contributed by atoms with Crippen molar-refractivity contribution in [2.75, 3.05) is 39.2 Å². The molecule has 2 N–H and O–H groups in total. The molecule has 4 aliphatic rings. The number of rotatable bonds is 13. The van der Waals surface area contributed by atoms with Gasteiger partial charge < -0.3 is 29.4 Å². The quantitative estimate of drug-likeness (QED) is 0.137. The number of para-hydroxylation sites is 1. The van der Waals surface area contributed by atoms with E-state index in [-0.39, 0.29) is 17.4 Å². The number of anilines is 1. The molecule has 0 bridgehead atoms. The number of aliphatic carboxylic acids is 1. The first kappa shape index (κ1) is 40.3. The van der Waals surface area contributed by atoms with Crippen LogP contribution in [-0.4, -0.2) is 66.5 Å². The van der Waals surface area contributed by atoms with Gasteiger partial charge in [0.2, 0.25) is 0 Å². The first-order valence-electron chi connectivity index (χ1n) is 21.2. The normalized spacial score (nSPS) is 25.4. The predicted octanol–water partition coefficient (Wildman–Crippen LogP) is 9.87. The maximum atomic E-state index is 13.2. The summed E-state index contributed by atoms with van der Waals surface area (Å²) in [5, 5.41) is 14.8. The molecule has 308 valence electrons. The van der Waals surface area contributed by atoms with Gasteiger partial charge in [-0.2, -0.15) is 0 Å². The largest absolute Gasteiger partial charge is 0.496 e. The Kier molecular flexibility index (Phi) is 11.8. The predicted molar refractivity (Wildman–Crippen MR) is 228 cm³/mol. The molecule has 0 saturated heterocycles. The van der Waals surface area contributed by atoms with Gasteiger partial charge in [0.15, 0.2) is 11.5 Å². The molecule has 0 unspecified atom stereocenters. The van der Waals surface area contributed by atoms with Gasteiger partial charge >= 0.3 is 5.97 Å². The smallest absolute Gasteiger partial charge is 0.329 e. The Morgan fingerprint density at radius 2 is 1.88 bits per heavy atom. The third kappa shape index (κ3) is 8.22. The minimum Gasteiger partial charge on any atom is -0.496 e. The third-order valence-corrected chi connectivity index (χ3v) is 13.7. The lowest BCUT2D eigenvalue weighted by molar-refractivity contribution is -0.144. The van der Waals surface area contributed by atoms with Crippen LogP contribution >= 0.6 is 11.6 Å². The monoisotopic (exact) mass is 807 g/mol. The average molecular weight is 808 g/mol. The molecule has 3 aromatic carbocycles. The van der Waals surface area contributed by atoms with Crippen molar-refractivity contribution in [1.29, 1.82) is 0 Å². The number of ether oxygens (including phenoxy) is 4. The van der Waals surface area contributed by atoms with E-state index in [9.17, 15) is 9.90 Å². The highest BCUT2D eigenvalue weighted by atomic mass is 35.5. The van der Waals surface area contributed by atoms with E-state index in [1.807, 2.05) is 54.7 Å². The van der Waals surface area contributed by atoms with Crippen LogP contribution < -0.4 is 24.3 Å². The van der Waals surface area contributed by atoms with Crippen molar-refractivity contribution in [2.45, 2.75) is 108 Å². The number of carboxylic acids is 1. The number of halogens is 1. The van der Waals surface area contributed by atoms with Crippen LogP contribution in [0.4, 0.5) is 5.69 Å². The van der Waals surface area contributed by atoms with Crippen LogP contribution in [0, 0.1) is 11.8 Å². The van der Waals surface area contributed by atoms with E-state index in [1.54, 1.807) is 7.11 Å². The summed E-state index contributed by atoms with van der Waals surface area (Å²) in [4.78, 5) is 20.1. The van der Waals surface area contributed by atoms with Crippen LogP contribution in [0.5, 0.6) is 23.0 Å². The lowest BCUT2D eigenvalue weighted by Crippen LogP contribution is -2.53. The number of aromatic nitrogens is 1. The van der Waals surface area contributed by atoms with Gasteiger partial charge in [-0.3, -0.25) is 9.88 Å². The number of carbonyl (C=O) groups is 1. The highest BCUT2D eigenvalue weighted by molar-refractivity contribution is 6.30. The van der Waals surface area contributed by atoms with Crippen molar-refractivity contribution in [3.05, 3.63) is 106 Å². The maximum absolute atomic E-state index is 13.2. The second-order valence-corrected chi connectivity index (χ2v) is 18.0. The maximum Gasteiger partial charge on any atom is 0.329 e. The van der Waals surface area contributed by atoms with Gasteiger partial charge in [0.25, 0.3) is 0 Å². The summed E-state index contributed by atoms with van der Waals surface area (Å²) in [5.41, 5.74) is 5.58. The fourth-order valence-electron chi connectivity index (χ4n) is 10.5. The Bertz CT molecular complexity index is 2100. The van der Waals surface area contributed by atoms with Gasteiger partial charge in [-0.25, -0.2) is 4.79 Å². The van der Waals surface area contributed by atoms with E-state index >= 15 is 0 Å². The molecule has 0 radical (unpaired) electrons. The molecular weight excluding hydrogens is 750 g/mol. The van der Waals surface area contributed by atoms with E-state index in [1.165, 1.54) is 28.8 Å². The molecule has 1 aliphatic heterocycles. The zero-order valence-corrected chi connectivity index (χ0v) is 35.2. The summed E-state index contributed by atoms with van der Waals surface area (Å²) >= 11 is 6.34. The van der Waals surface area contributed by atoms with Gasteiger partial charge in [-0.05, 0) is 142 Å². The van der Waals surface area contributed by atoms with Crippen molar-refractivity contribution < 1.29 is 28.8 Å². The Balaban J connectivity index is 1.05. The number of methoxy groups -OCH3 is 1. The van der Waals surface area contributed by atoms with Crippen molar-refractivity contribution in [1.82, 2.24) is 9.88 Å². The average Bonchev–Trinajstić information content (AvgIpc) is 3.33. The van der Waals surface area contributed by atoms with E-state index in [0.29, 0.717) is 42.9 Å². The van der Waals surface area contributed by atoms with Crippen molar-refractivity contribution >= 4 is 23.3 Å². The molecular formula is C48H58ClN3O6. The van der Waals surface area contributed by atoms with Gasteiger partial charge in [-0.15, -0.1) is 0 Å². The Morgan fingerprint density at radius 1 is 1.05 bits per heavy atom. The summed E-state index contributed by atoms with van der Waals surface area (Å²) in [6, 6.07) is 22.0. The van der Waals surface area contributed by atoms with Gasteiger partial charge in [0.05, 0.1) is 20.3 Å². The number of nitrogens with zero attached hydrogens (tertiary/aromatic N) is 2. The van der Waals surface area contributed by atoms with E-state index in [2.05, 4.69) is 49.3 Å². The lowest BCUT2D eigenvalue weighted by atomic mass is 9.59. The van der Waals surface area contributed by atoms with Crippen molar-refractivity contribution in [3.63, 3.8) is 0 Å². The Labute approximate surface area is 348 Å². The second kappa shape index (κ2) is 17.0. The van der Waals surface area contributed by atoms with E-state index in [0.717, 1.165) is 92.3 Å². The number of hydrogen-bond donors (Lipinski definition) is 2. The fourth-order valence-corrected chi connectivity index (χ4v) is 10.7. The molecule has 3 aliphatic carbocycles. The zero-order valence-electron chi connectivity index (χ0n) is 34.4. The van der Waals surface area contributed by atoms with Gasteiger partial charge in [-0.1, -0.05) is 49.7 Å². The number of pyridine rings is 1. The standard InChI is InChI=1S/C48H58ClN3O6/c1-31(30-57-42-15-21-50-40-13-7-9-32(2)45(40)42)23-35-24-34-25-43-44(58-38(16-22-56-43)29-52(3)28-33-10-5-6-14-41(33)55-4)27-39(34)47(35)17-19-48(20-18-47,46(53)54)51-37-12-8-11-36(49)26-37/h5-6,8,10-12,14-15,21,25-27,31-32,35,38,51H,7,9,13,16-20,22-24,28-30H2,1-4H3,(H,53,54)/t31-,32-,35+,38+,47?,48?/m1/s1. The molecule has 2 heterocycles. The molecule has 9 nitrogen and oxygen atoms in total. The molecule has 58 heavy (non-hydrogen) atoms. The second-order valence-electron chi connectivity index (χ2n) is 17.5. The van der Waals surface area contributed by atoms with Crippen molar-refractivity contribution in [2.24, 2.45) is 11.8 Å². The topological polar surface area (TPSA) is 102 Å². The number of likely N-dealkylation sites (N-methyl/N-ethyl adjacent to an activating group) is 1. The molecule has 4 aromatic rings. The Hall–Kier alpha value is -4.47. The Morgan fingerprint density at radius 3 is 2.67 bits per heavy atom. The highest BCUT2D eigenvalue weighted by Gasteiger charge is 2.54. The highest BCUT2D eigenvalue weighted by Crippen LogP contribution is 2.58. The van der Waals surface area contributed by atoms with E-state index in [4.69, 9.17) is 35.5 Å². The number of benzene rings is 3. The fraction of sp³-hybridized carbons (Fsp3) is 0.500. The molecule has 10 heteroatoms. The number of aryl methyl sites for hydroxylation is 1. The first-order valence-corrected chi connectivity index (χ1v) is 21.6. The van der Waals surface area contributed by atoms with Gasteiger partial charge in [0.1, 0.15) is 23.1 Å². The minimum atomic E-state index is -1.10. The molecule has 1 spiro atoms. The summed E-state index contributed by atoms with van der Waals surface area (Å²) < 4.78 is 25.6. The van der Waals surface area contributed by atoms with Crippen LogP contribution in [0.2, 0.25) is 5.02 Å². The SMILES string of the molecule is COc1ccccc1CN(C)C[C@@H]1CCOc2cc3c(cc2O1)C1(CCC(Nc2cccc(Cl)c2)(C(=O)O)CC1)[C@@H](C[C@@H](C)COc1ccnc2c1[C@H](C)CCC2)C3. The van der Waals surface area contributed by atoms with Crippen molar-refractivity contribution in [3.8, 4) is 23.0 Å². The number of hydrogen-bond acceptors (Lipinski definition) is 8. The number of nitrogens with one attached hydrogen (secondary N) is 1. The number of carboxylic acid groups (broad SMARTS) is 1. The summed E-state index contributed by atoms with van der Waals surface area (Å²) in [6.07, 6.45) is 10.3. The van der Waals surface area contributed by atoms with Crippen LogP contribution in [-0.2, 0) is 29.6 Å². The van der Waals surface area contributed by atoms with Crippen LogP contribution in [0.25, 0.3) is 0 Å². The molecule has 1 saturated carbocycles. The molecule has 4 atom stereocenters. The summed E-state index contributed by atoms with van der Waals surface area (Å²) in [6.45, 7) is 7.26. The summed E-state index contributed by atoms with van der Waals surface area (Å²) in [5.74, 6) is 3.65. The summed E-state index contributed by atoms with van der Waals surface area (Å²) in [7, 11) is 3.83. The lowest BCUT2D eigenvalue weighted by Gasteiger charge is -2.47.